The van der Waals surface area contributed by atoms with Gasteiger partial charge < -0.3 is 9.51 Å². The van der Waals surface area contributed by atoms with Crippen molar-refractivity contribution in [3.63, 3.8) is 0 Å². The highest BCUT2D eigenvalue weighted by Crippen LogP contribution is 2.08. The number of hydrogen-bond donors (Lipinski definition) is 1. The lowest BCUT2D eigenvalue weighted by Gasteiger charge is -1.99. The van der Waals surface area contributed by atoms with Gasteiger partial charge in [-0.3, -0.25) is 9.78 Å². The summed E-state index contributed by atoms with van der Waals surface area (Å²) in [5.74, 6) is -0.759. The van der Waals surface area contributed by atoms with E-state index in [9.17, 15) is 4.79 Å². The van der Waals surface area contributed by atoms with Crippen LogP contribution in [0.4, 0.5) is 0 Å². The van der Waals surface area contributed by atoms with Crippen LogP contribution in [-0.4, -0.2) is 25.4 Å². The minimum absolute atomic E-state index is 0.193. The van der Waals surface area contributed by atoms with E-state index in [0.29, 0.717) is 6.42 Å². The van der Waals surface area contributed by atoms with E-state index in [4.69, 9.17) is 5.11 Å². The number of carboxylic acid groups (broad SMARTS) is 1. The van der Waals surface area contributed by atoms with E-state index in [-0.39, 0.29) is 6.42 Å². The van der Waals surface area contributed by atoms with Gasteiger partial charge in [-0.2, -0.15) is 0 Å². The molecule has 5 nitrogen and oxygen atoms in total. The molecule has 0 aliphatic heterocycles. The van der Waals surface area contributed by atoms with E-state index in [1.165, 1.54) is 0 Å². The molecule has 2 aromatic rings. The molecule has 5 heteroatoms. The normalized spacial score (nSPS) is 10.7. The molecule has 1 N–H and O–H groups in total. The molecule has 2 aromatic heterocycles. The van der Waals surface area contributed by atoms with Gasteiger partial charge in [0, 0.05) is 30.7 Å². The van der Waals surface area contributed by atoms with Gasteiger partial charge in [0.2, 0.25) is 0 Å². The van der Waals surface area contributed by atoms with Crippen LogP contribution in [0.15, 0.2) is 24.8 Å². The van der Waals surface area contributed by atoms with E-state index >= 15 is 0 Å². The lowest BCUT2D eigenvalue weighted by atomic mass is 10.2. The Morgan fingerprint density at radius 3 is 3.13 bits per heavy atom. The summed E-state index contributed by atoms with van der Waals surface area (Å²) in [6.45, 7) is 0. The zero-order valence-electron chi connectivity index (χ0n) is 8.13. The molecular formula is C10H11N3O2. The molecule has 0 unspecified atom stereocenters. The van der Waals surface area contributed by atoms with Crippen molar-refractivity contribution in [2.75, 3.05) is 0 Å². The number of aryl methyl sites for hydroxylation is 1. The first-order valence-corrected chi connectivity index (χ1v) is 4.75. The van der Waals surface area contributed by atoms with Gasteiger partial charge in [0.15, 0.2) is 5.65 Å². The second kappa shape index (κ2) is 4.08. The van der Waals surface area contributed by atoms with Crippen molar-refractivity contribution in [2.24, 2.45) is 0 Å². The number of nitrogens with zero attached hydrogens (tertiary/aromatic N) is 3. The number of imidazole rings is 1. The molecular weight excluding hydrogens is 194 g/mol. The molecule has 0 saturated carbocycles. The number of carboxylic acids is 1. The van der Waals surface area contributed by atoms with Crippen LogP contribution in [-0.2, 0) is 11.2 Å². The Hall–Kier alpha value is -1.91. The van der Waals surface area contributed by atoms with Gasteiger partial charge in [0.25, 0.3) is 0 Å². The van der Waals surface area contributed by atoms with E-state index < -0.39 is 5.97 Å². The van der Waals surface area contributed by atoms with Gasteiger partial charge in [-0.25, -0.2) is 4.98 Å². The Morgan fingerprint density at radius 2 is 2.33 bits per heavy atom. The summed E-state index contributed by atoms with van der Waals surface area (Å²) >= 11 is 0. The number of aromatic nitrogens is 3. The van der Waals surface area contributed by atoms with Crippen molar-refractivity contribution in [2.45, 2.75) is 19.3 Å². The molecule has 2 heterocycles. The predicted molar refractivity (Wildman–Crippen MR) is 53.6 cm³/mol. The fourth-order valence-corrected chi connectivity index (χ4v) is 1.50. The van der Waals surface area contributed by atoms with Crippen LogP contribution in [0.2, 0.25) is 0 Å². The third kappa shape index (κ3) is 2.12. The van der Waals surface area contributed by atoms with E-state index in [2.05, 4.69) is 9.97 Å². The maximum Gasteiger partial charge on any atom is 0.303 e. The summed E-state index contributed by atoms with van der Waals surface area (Å²) < 4.78 is 1.93. The van der Waals surface area contributed by atoms with E-state index in [1.807, 2.05) is 10.6 Å². The highest BCUT2D eigenvalue weighted by atomic mass is 16.4. The number of fused-ring (bicyclic) bond motifs is 1. The Balaban J connectivity index is 2.11. The molecule has 0 aromatic carbocycles. The zero-order chi connectivity index (χ0) is 10.7. The van der Waals surface area contributed by atoms with Crippen molar-refractivity contribution in [3.05, 3.63) is 30.5 Å². The smallest absolute Gasteiger partial charge is 0.303 e. The average Bonchev–Trinajstić information content (AvgIpc) is 2.62. The number of carbonyl (C=O) groups is 1. The first kappa shape index (κ1) is 9.64. The first-order chi connectivity index (χ1) is 7.27. The van der Waals surface area contributed by atoms with Crippen LogP contribution in [0, 0.1) is 0 Å². The van der Waals surface area contributed by atoms with Gasteiger partial charge >= 0.3 is 5.97 Å². The molecule has 78 valence electrons. The summed E-state index contributed by atoms with van der Waals surface area (Å²) in [7, 11) is 0. The minimum Gasteiger partial charge on any atom is -0.481 e. The van der Waals surface area contributed by atoms with Crippen molar-refractivity contribution >= 4 is 11.6 Å². The first-order valence-electron chi connectivity index (χ1n) is 4.75. The molecule has 0 aliphatic rings. The average molecular weight is 205 g/mol. The molecule has 0 atom stereocenters. The summed E-state index contributed by atoms with van der Waals surface area (Å²) in [6.07, 6.45) is 8.51. The molecule has 0 fully saturated rings. The second-order valence-electron chi connectivity index (χ2n) is 3.30. The molecule has 0 saturated heterocycles. The van der Waals surface area contributed by atoms with Crippen molar-refractivity contribution < 1.29 is 9.90 Å². The second-order valence-corrected chi connectivity index (χ2v) is 3.30. The maximum atomic E-state index is 10.4. The molecule has 0 bridgehead atoms. The van der Waals surface area contributed by atoms with Crippen LogP contribution in [0.1, 0.15) is 18.5 Å². The van der Waals surface area contributed by atoms with E-state index in [0.717, 1.165) is 17.8 Å². The van der Waals surface area contributed by atoms with Crippen molar-refractivity contribution in [1.82, 2.24) is 14.4 Å². The molecule has 0 aliphatic carbocycles. The standard InChI is InChI=1S/C10H11N3O2/c14-10(15)3-1-2-8-6-12-9-7-11-4-5-13(8)9/h4-7H,1-3H2,(H,14,15). The zero-order valence-corrected chi connectivity index (χ0v) is 8.13. The van der Waals surface area contributed by atoms with E-state index in [1.54, 1.807) is 18.6 Å². The summed E-state index contributed by atoms with van der Waals surface area (Å²) in [6, 6.07) is 0. The van der Waals surface area contributed by atoms with Gasteiger partial charge in [-0.15, -0.1) is 0 Å². The Morgan fingerprint density at radius 1 is 1.47 bits per heavy atom. The lowest BCUT2D eigenvalue weighted by molar-refractivity contribution is -0.137. The quantitative estimate of drug-likeness (QED) is 0.812. The van der Waals surface area contributed by atoms with Gasteiger partial charge in [-0.05, 0) is 12.8 Å². The highest BCUT2D eigenvalue weighted by molar-refractivity contribution is 5.66. The van der Waals surface area contributed by atoms with Crippen molar-refractivity contribution in [1.29, 1.82) is 0 Å². The van der Waals surface area contributed by atoms with Crippen LogP contribution in [0.5, 0.6) is 0 Å². The summed E-state index contributed by atoms with van der Waals surface area (Å²) in [5, 5.41) is 8.52. The largest absolute Gasteiger partial charge is 0.481 e. The van der Waals surface area contributed by atoms with Crippen molar-refractivity contribution in [3.8, 4) is 0 Å². The molecule has 0 amide bonds. The predicted octanol–water partition coefficient (Wildman–Crippen LogP) is 1.14. The van der Waals surface area contributed by atoms with Gasteiger partial charge in [0.05, 0.1) is 6.20 Å². The molecule has 0 radical (unpaired) electrons. The number of aliphatic carboxylic acids is 1. The topological polar surface area (TPSA) is 67.5 Å². The van der Waals surface area contributed by atoms with Gasteiger partial charge in [-0.1, -0.05) is 0 Å². The van der Waals surface area contributed by atoms with Crippen LogP contribution in [0.25, 0.3) is 5.65 Å². The van der Waals surface area contributed by atoms with Crippen LogP contribution in [0.3, 0.4) is 0 Å². The fourth-order valence-electron chi connectivity index (χ4n) is 1.50. The monoisotopic (exact) mass is 205 g/mol. The minimum atomic E-state index is -0.759. The molecule has 0 spiro atoms. The number of rotatable bonds is 4. The molecule has 15 heavy (non-hydrogen) atoms. The lowest BCUT2D eigenvalue weighted by Crippen LogP contribution is -1.98. The third-order valence-electron chi connectivity index (χ3n) is 2.22. The summed E-state index contributed by atoms with van der Waals surface area (Å²) in [4.78, 5) is 18.5. The van der Waals surface area contributed by atoms with Crippen LogP contribution >= 0.6 is 0 Å². The fraction of sp³-hybridized carbons (Fsp3) is 0.300. The highest BCUT2D eigenvalue weighted by Gasteiger charge is 2.03. The third-order valence-corrected chi connectivity index (χ3v) is 2.22. The van der Waals surface area contributed by atoms with Crippen LogP contribution < -0.4 is 0 Å². The van der Waals surface area contributed by atoms with Gasteiger partial charge in [0.1, 0.15) is 0 Å². The SMILES string of the molecule is O=C(O)CCCc1cnc2cnccn12. The maximum absolute atomic E-state index is 10.4. The molecule has 2 rings (SSSR count). The Bertz CT molecular complexity index is 478. The Labute approximate surface area is 86.4 Å². The number of hydrogen-bond acceptors (Lipinski definition) is 3. The Kier molecular flexibility index (Phi) is 2.62. The summed E-state index contributed by atoms with van der Waals surface area (Å²) in [5.41, 5.74) is 1.82.